The Morgan fingerprint density at radius 1 is 0.720 bits per heavy atom. The molecule has 3 nitrogen and oxygen atoms in total. The Morgan fingerprint density at radius 2 is 1.32 bits per heavy atom. The van der Waals surface area contributed by atoms with Crippen molar-refractivity contribution >= 4 is 11.9 Å². The first kappa shape index (κ1) is 15.1. The molecule has 0 aliphatic rings. The monoisotopic (exact) mass is 323 g/mol. The van der Waals surface area contributed by atoms with Crippen molar-refractivity contribution in [3.05, 3.63) is 103 Å². The first-order chi connectivity index (χ1) is 12.4. The van der Waals surface area contributed by atoms with Gasteiger partial charge < -0.3 is 0 Å². The Bertz CT molecular complexity index is 972. The molecule has 3 heteroatoms. The van der Waals surface area contributed by atoms with Gasteiger partial charge in [-0.05, 0) is 24.3 Å². The highest BCUT2D eigenvalue weighted by molar-refractivity contribution is 5.90. The van der Waals surface area contributed by atoms with E-state index in [1.807, 2.05) is 96.0 Å². The summed E-state index contributed by atoms with van der Waals surface area (Å²) in [4.78, 5) is 4.59. The quantitative estimate of drug-likeness (QED) is 0.469. The van der Waals surface area contributed by atoms with Crippen LogP contribution in [-0.4, -0.2) is 16.0 Å². The molecule has 0 fully saturated rings. The van der Waals surface area contributed by atoms with Gasteiger partial charge in [0.05, 0.1) is 11.4 Å². The molecule has 0 N–H and O–H groups in total. The van der Waals surface area contributed by atoms with Crippen molar-refractivity contribution in [1.82, 2.24) is 9.78 Å². The predicted octanol–water partition coefficient (Wildman–Crippen LogP) is 5.29. The fourth-order valence-corrected chi connectivity index (χ4v) is 2.67. The molecule has 0 unspecified atom stereocenters. The summed E-state index contributed by atoms with van der Waals surface area (Å²) in [6, 6.07) is 30.2. The highest BCUT2D eigenvalue weighted by Gasteiger charge is 2.10. The van der Waals surface area contributed by atoms with Crippen molar-refractivity contribution < 1.29 is 0 Å². The Hall–Kier alpha value is -3.46. The highest BCUT2D eigenvalue weighted by Crippen LogP contribution is 2.23. The number of hydrogen-bond acceptors (Lipinski definition) is 2. The largest absolute Gasteiger partial charge is 0.256 e. The molecular formula is C22H17N3. The molecule has 0 atom stereocenters. The van der Waals surface area contributed by atoms with Gasteiger partial charge in [0.15, 0.2) is 0 Å². The molecule has 0 saturated heterocycles. The van der Waals surface area contributed by atoms with E-state index in [1.54, 1.807) is 0 Å². The molecular weight excluding hydrogens is 306 g/mol. The van der Waals surface area contributed by atoms with E-state index >= 15 is 0 Å². The van der Waals surface area contributed by atoms with Crippen LogP contribution < -0.4 is 0 Å². The number of rotatable bonds is 4. The first-order valence-corrected chi connectivity index (χ1v) is 8.20. The third-order valence-electron chi connectivity index (χ3n) is 3.92. The zero-order valence-corrected chi connectivity index (χ0v) is 13.7. The topological polar surface area (TPSA) is 30.2 Å². The number of aromatic nitrogens is 2. The SMILES string of the molecule is C(=Nc1ccccc1)c1cn(-c2ccccc2)nc1-c1ccccc1. The second-order valence-electron chi connectivity index (χ2n) is 5.67. The lowest BCUT2D eigenvalue weighted by molar-refractivity contribution is 0.884. The van der Waals surface area contributed by atoms with Gasteiger partial charge in [0, 0.05) is 23.5 Å². The molecule has 0 aliphatic carbocycles. The molecule has 0 aliphatic heterocycles. The summed E-state index contributed by atoms with van der Waals surface area (Å²) in [5.41, 5.74) is 4.93. The smallest absolute Gasteiger partial charge is 0.101 e. The lowest BCUT2D eigenvalue weighted by atomic mass is 10.1. The number of nitrogens with zero attached hydrogens (tertiary/aromatic N) is 3. The fraction of sp³-hybridized carbons (Fsp3) is 0. The standard InChI is InChI=1S/C22H17N3/c1-4-10-18(11-5-1)22-19(16-23-20-12-6-2-7-13-20)17-25(24-22)21-14-8-3-9-15-21/h1-17H. The molecule has 4 rings (SSSR count). The molecule has 0 amide bonds. The van der Waals surface area contributed by atoms with Crippen LogP contribution in [0.15, 0.2) is 102 Å². The van der Waals surface area contributed by atoms with Crippen molar-refractivity contribution in [3.8, 4) is 16.9 Å². The number of benzene rings is 3. The van der Waals surface area contributed by atoms with Gasteiger partial charge in [-0.25, -0.2) is 4.68 Å². The summed E-state index contributed by atoms with van der Waals surface area (Å²) in [5.74, 6) is 0. The minimum absolute atomic E-state index is 0.920. The summed E-state index contributed by atoms with van der Waals surface area (Å²) < 4.78 is 1.90. The van der Waals surface area contributed by atoms with Crippen molar-refractivity contribution in [3.63, 3.8) is 0 Å². The van der Waals surface area contributed by atoms with Crippen LogP contribution in [0.1, 0.15) is 5.56 Å². The van der Waals surface area contributed by atoms with E-state index in [0.29, 0.717) is 0 Å². The van der Waals surface area contributed by atoms with E-state index in [2.05, 4.69) is 17.1 Å². The van der Waals surface area contributed by atoms with E-state index in [9.17, 15) is 0 Å². The minimum Gasteiger partial charge on any atom is -0.256 e. The van der Waals surface area contributed by atoms with Crippen LogP contribution in [0.3, 0.4) is 0 Å². The minimum atomic E-state index is 0.920. The van der Waals surface area contributed by atoms with E-state index < -0.39 is 0 Å². The molecule has 0 spiro atoms. The van der Waals surface area contributed by atoms with Crippen LogP contribution in [0.5, 0.6) is 0 Å². The predicted molar refractivity (Wildman–Crippen MR) is 103 cm³/mol. The van der Waals surface area contributed by atoms with Gasteiger partial charge >= 0.3 is 0 Å². The van der Waals surface area contributed by atoms with Gasteiger partial charge in [-0.3, -0.25) is 4.99 Å². The highest BCUT2D eigenvalue weighted by atomic mass is 15.3. The van der Waals surface area contributed by atoms with Gasteiger partial charge in [0.2, 0.25) is 0 Å². The Labute approximate surface area is 146 Å². The van der Waals surface area contributed by atoms with Crippen molar-refractivity contribution in [2.45, 2.75) is 0 Å². The van der Waals surface area contributed by atoms with Crippen molar-refractivity contribution in [2.24, 2.45) is 4.99 Å². The molecule has 0 radical (unpaired) electrons. The van der Waals surface area contributed by atoms with Crippen LogP contribution in [0.25, 0.3) is 16.9 Å². The second-order valence-corrected chi connectivity index (χ2v) is 5.67. The molecule has 1 heterocycles. The molecule has 0 bridgehead atoms. The number of hydrogen-bond donors (Lipinski definition) is 0. The van der Waals surface area contributed by atoms with E-state index in [1.165, 1.54) is 0 Å². The average Bonchev–Trinajstić information content (AvgIpc) is 3.13. The maximum Gasteiger partial charge on any atom is 0.101 e. The number of aliphatic imine (C=N–C) groups is 1. The van der Waals surface area contributed by atoms with Gasteiger partial charge in [-0.15, -0.1) is 0 Å². The third kappa shape index (κ3) is 3.40. The van der Waals surface area contributed by atoms with Crippen LogP contribution in [0.4, 0.5) is 5.69 Å². The Morgan fingerprint density at radius 3 is 2.00 bits per heavy atom. The maximum atomic E-state index is 4.79. The first-order valence-electron chi connectivity index (χ1n) is 8.20. The van der Waals surface area contributed by atoms with E-state index in [-0.39, 0.29) is 0 Å². The second kappa shape index (κ2) is 6.97. The van der Waals surface area contributed by atoms with Gasteiger partial charge in [0.1, 0.15) is 5.69 Å². The van der Waals surface area contributed by atoms with Crippen LogP contribution in [0.2, 0.25) is 0 Å². The van der Waals surface area contributed by atoms with E-state index in [4.69, 9.17) is 5.10 Å². The molecule has 120 valence electrons. The van der Waals surface area contributed by atoms with E-state index in [0.717, 1.165) is 28.2 Å². The van der Waals surface area contributed by atoms with Crippen molar-refractivity contribution in [1.29, 1.82) is 0 Å². The van der Waals surface area contributed by atoms with Crippen LogP contribution in [0, 0.1) is 0 Å². The van der Waals surface area contributed by atoms with Gasteiger partial charge in [-0.1, -0.05) is 66.7 Å². The summed E-state index contributed by atoms with van der Waals surface area (Å²) in [6.07, 6.45) is 3.90. The van der Waals surface area contributed by atoms with Gasteiger partial charge in [0.25, 0.3) is 0 Å². The zero-order valence-electron chi connectivity index (χ0n) is 13.7. The van der Waals surface area contributed by atoms with Crippen LogP contribution >= 0.6 is 0 Å². The van der Waals surface area contributed by atoms with Crippen molar-refractivity contribution in [2.75, 3.05) is 0 Å². The summed E-state index contributed by atoms with van der Waals surface area (Å²) in [7, 11) is 0. The maximum absolute atomic E-state index is 4.79. The average molecular weight is 323 g/mol. The summed E-state index contributed by atoms with van der Waals surface area (Å²) in [6.45, 7) is 0. The molecule has 4 aromatic rings. The molecule has 0 saturated carbocycles. The molecule has 25 heavy (non-hydrogen) atoms. The fourth-order valence-electron chi connectivity index (χ4n) is 2.67. The Balaban J connectivity index is 1.78. The molecule has 3 aromatic carbocycles. The third-order valence-corrected chi connectivity index (χ3v) is 3.92. The van der Waals surface area contributed by atoms with Crippen LogP contribution in [-0.2, 0) is 0 Å². The normalized spacial score (nSPS) is 11.0. The van der Waals surface area contributed by atoms with Gasteiger partial charge in [-0.2, -0.15) is 5.10 Å². The lowest BCUT2D eigenvalue weighted by Gasteiger charge is -2.00. The Kier molecular flexibility index (Phi) is 4.21. The lowest BCUT2D eigenvalue weighted by Crippen LogP contribution is -1.93. The number of para-hydroxylation sites is 2. The zero-order chi connectivity index (χ0) is 16.9. The summed E-state index contributed by atoms with van der Waals surface area (Å²) >= 11 is 0. The molecule has 1 aromatic heterocycles. The summed E-state index contributed by atoms with van der Waals surface area (Å²) in [5, 5.41) is 4.79.